The summed E-state index contributed by atoms with van der Waals surface area (Å²) in [6, 6.07) is 22.7. The molecular weight excluding hydrogens is 615 g/mol. The summed E-state index contributed by atoms with van der Waals surface area (Å²) in [4.78, 5) is 34.8. The summed E-state index contributed by atoms with van der Waals surface area (Å²) >= 11 is 12.3. The van der Waals surface area contributed by atoms with Crippen LogP contribution in [0.25, 0.3) is 10.9 Å². The van der Waals surface area contributed by atoms with Crippen LogP contribution in [0.3, 0.4) is 0 Å². The zero-order valence-electron chi connectivity index (χ0n) is 24.1. The quantitative estimate of drug-likeness (QED) is 0.167. The van der Waals surface area contributed by atoms with Gasteiger partial charge in [-0.25, -0.2) is 4.79 Å². The van der Waals surface area contributed by atoms with Crippen LogP contribution >= 0.6 is 23.2 Å². The van der Waals surface area contributed by atoms with Crippen LogP contribution in [0.2, 0.25) is 10.0 Å². The molecule has 3 N–H and O–H groups in total. The molecular formula is C34H30Cl2N4O5. The molecule has 6 rings (SSSR count). The molecule has 2 aromatic heterocycles. The summed E-state index contributed by atoms with van der Waals surface area (Å²) in [5, 5.41) is 15.3. The van der Waals surface area contributed by atoms with Crippen molar-refractivity contribution in [2.24, 2.45) is 0 Å². The zero-order chi connectivity index (χ0) is 31.3. The highest BCUT2D eigenvalue weighted by Gasteiger charge is 2.35. The van der Waals surface area contributed by atoms with Crippen LogP contribution < -0.4 is 14.8 Å². The Morgan fingerprint density at radius 2 is 1.69 bits per heavy atom. The molecule has 3 heterocycles. The molecule has 230 valence electrons. The van der Waals surface area contributed by atoms with Crippen molar-refractivity contribution in [1.82, 2.24) is 20.2 Å². The molecule has 1 aliphatic heterocycles. The Labute approximate surface area is 269 Å². The molecule has 0 spiro atoms. The number of nitrogens with zero attached hydrogens (tertiary/aromatic N) is 2. The largest absolute Gasteiger partial charge is 0.493 e. The van der Waals surface area contributed by atoms with Crippen molar-refractivity contribution in [3.8, 4) is 11.5 Å². The molecule has 0 radical (unpaired) electrons. The van der Waals surface area contributed by atoms with E-state index in [2.05, 4.69) is 15.3 Å². The van der Waals surface area contributed by atoms with E-state index in [0.717, 1.165) is 27.7 Å². The van der Waals surface area contributed by atoms with E-state index in [9.17, 15) is 14.7 Å². The molecule has 11 heteroatoms. The monoisotopic (exact) mass is 644 g/mol. The Morgan fingerprint density at radius 3 is 2.44 bits per heavy atom. The third-order valence-electron chi connectivity index (χ3n) is 7.70. The van der Waals surface area contributed by atoms with E-state index in [1.807, 2.05) is 42.5 Å². The van der Waals surface area contributed by atoms with Gasteiger partial charge in [-0.1, -0.05) is 35.3 Å². The first-order valence-electron chi connectivity index (χ1n) is 14.5. The molecule has 0 aliphatic carbocycles. The highest BCUT2D eigenvalue weighted by molar-refractivity contribution is 6.31. The number of aliphatic hydroxyl groups is 1. The predicted molar refractivity (Wildman–Crippen MR) is 172 cm³/mol. The number of amides is 2. The molecule has 1 unspecified atom stereocenters. The summed E-state index contributed by atoms with van der Waals surface area (Å²) in [6.07, 6.45) is 2.79. The molecule has 9 nitrogen and oxygen atoms in total. The molecule has 2 atom stereocenters. The normalized spacial score (nSPS) is 14.9. The van der Waals surface area contributed by atoms with E-state index in [1.54, 1.807) is 53.7 Å². The van der Waals surface area contributed by atoms with Crippen LogP contribution in [0.1, 0.15) is 39.6 Å². The maximum Gasteiger partial charge on any atom is 0.416 e. The molecule has 2 amide bonds. The molecule has 45 heavy (non-hydrogen) atoms. The lowest BCUT2D eigenvalue weighted by Gasteiger charge is -2.35. The first-order valence-corrected chi connectivity index (χ1v) is 15.2. The van der Waals surface area contributed by atoms with E-state index in [0.29, 0.717) is 46.5 Å². The molecule has 0 fully saturated rings. The number of carbonyl (C=O) groups excluding carboxylic acids is 2. The Hall–Kier alpha value is -4.57. The summed E-state index contributed by atoms with van der Waals surface area (Å²) in [6.45, 7) is 0.796. The van der Waals surface area contributed by atoms with Crippen molar-refractivity contribution >= 4 is 46.1 Å². The van der Waals surface area contributed by atoms with Gasteiger partial charge in [-0.2, -0.15) is 0 Å². The van der Waals surface area contributed by atoms with Crippen molar-refractivity contribution in [3.05, 3.63) is 124 Å². The van der Waals surface area contributed by atoms with Gasteiger partial charge in [-0.15, -0.1) is 0 Å². The topological polar surface area (TPSA) is 117 Å². The Morgan fingerprint density at radius 1 is 0.978 bits per heavy atom. The first-order chi connectivity index (χ1) is 21.9. The second-order valence-electron chi connectivity index (χ2n) is 10.7. The number of H-pyrrole nitrogens is 1. The van der Waals surface area contributed by atoms with Gasteiger partial charge in [0.25, 0.3) is 5.91 Å². The van der Waals surface area contributed by atoms with Gasteiger partial charge in [-0.05, 0) is 84.3 Å². The van der Waals surface area contributed by atoms with Crippen molar-refractivity contribution < 1.29 is 24.2 Å². The van der Waals surface area contributed by atoms with E-state index in [-0.39, 0.29) is 19.1 Å². The van der Waals surface area contributed by atoms with E-state index >= 15 is 0 Å². The highest BCUT2D eigenvalue weighted by atomic mass is 35.5. The maximum atomic E-state index is 13.5. The fourth-order valence-electron chi connectivity index (χ4n) is 5.44. The number of rotatable bonds is 9. The number of aromatic nitrogens is 2. The van der Waals surface area contributed by atoms with Crippen molar-refractivity contribution in [2.45, 2.75) is 25.0 Å². The number of benzene rings is 3. The lowest BCUT2D eigenvalue weighted by atomic mass is 9.92. The van der Waals surface area contributed by atoms with Crippen molar-refractivity contribution in [2.75, 3.05) is 19.7 Å². The van der Waals surface area contributed by atoms with Gasteiger partial charge in [0.1, 0.15) is 17.5 Å². The molecule has 1 aliphatic rings. The summed E-state index contributed by atoms with van der Waals surface area (Å²) in [7, 11) is 0. The van der Waals surface area contributed by atoms with Crippen molar-refractivity contribution in [3.63, 3.8) is 0 Å². The second-order valence-corrected chi connectivity index (χ2v) is 11.6. The lowest BCUT2D eigenvalue weighted by molar-refractivity contribution is 0.0895. The van der Waals surface area contributed by atoms with Gasteiger partial charge in [0.2, 0.25) is 0 Å². The molecule has 5 aromatic rings. The Bertz CT molecular complexity index is 1800. The summed E-state index contributed by atoms with van der Waals surface area (Å²) in [5.74, 6) is 0.741. The number of halogens is 2. The third kappa shape index (κ3) is 7.06. The number of nitrogens with one attached hydrogen (secondary N) is 2. The average molecular weight is 646 g/mol. The van der Waals surface area contributed by atoms with Crippen LogP contribution in [0.4, 0.5) is 4.79 Å². The molecule has 0 bridgehead atoms. The van der Waals surface area contributed by atoms with Crippen LogP contribution in [-0.4, -0.2) is 57.8 Å². The first kappa shape index (κ1) is 30.5. The SMILES string of the molecule is O=C(NCC(O)CCOc1ccc([C@H]2c3[nH]c4ccc(Cl)cc4c3CCN2C(=O)Oc2ccc(Cl)cc2)cc1)c1ccncc1. The summed E-state index contributed by atoms with van der Waals surface area (Å²) < 4.78 is 11.6. The van der Waals surface area contributed by atoms with E-state index in [4.69, 9.17) is 32.7 Å². The van der Waals surface area contributed by atoms with Gasteiger partial charge in [-0.3, -0.25) is 14.7 Å². The number of hydrogen-bond acceptors (Lipinski definition) is 6. The lowest BCUT2D eigenvalue weighted by Crippen LogP contribution is -2.42. The van der Waals surface area contributed by atoms with Crippen LogP contribution in [-0.2, 0) is 6.42 Å². The Balaban J connectivity index is 1.15. The third-order valence-corrected chi connectivity index (χ3v) is 8.19. The highest BCUT2D eigenvalue weighted by Crippen LogP contribution is 2.40. The Kier molecular flexibility index (Phi) is 9.21. The van der Waals surface area contributed by atoms with Gasteiger partial charge >= 0.3 is 6.09 Å². The minimum atomic E-state index is -0.772. The van der Waals surface area contributed by atoms with Gasteiger partial charge in [0, 0.05) is 64.1 Å². The number of aliphatic hydroxyl groups excluding tert-OH is 1. The molecule has 3 aromatic carbocycles. The fraction of sp³-hybridized carbons (Fsp3) is 0.206. The van der Waals surface area contributed by atoms with Crippen molar-refractivity contribution in [1.29, 1.82) is 0 Å². The number of fused-ring (bicyclic) bond motifs is 3. The average Bonchev–Trinajstić information content (AvgIpc) is 3.43. The number of ether oxygens (including phenoxy) is 2. The van der Waals surface area contributed by atoms with Crippen LogP contribution in [0, 0.1) is 0 Å². The maximum absolute atomic E-state index is 13.5. The minimum absolute atomic E-state index is 0.102. The predicted octanol–water partition coefficient (Wildman–Crippen LogP) is 6.58. The fourth-order valence-corrected chi connectivity index (χ4v) is 5.74. The van der Waals surface area contributed by atoms with Gasteiger partial charge < -0.3 is 24.9 Å². The van der Waals surface area contributed by atoms with E-state index in [1.165, 1.54) is 0 Å². The smallest absolute Gasteiger partial charge is 0.416 e. The zero-order valence-corrected chi connectivity index (χ0v) is 25.6. The van der Waals surface area contributed by atoms with Crippen LogP contribution in [0.15, 0.2) is 91.3 Å². The van der Waals surface area contributed by atoms with Crippen LogP contribution in [0.5, 0.6) is 11.5 Å². The summed E-state index contributed by atoms with van der Waals surface area (Å²) in [5.41, 5.74) is 4.30. The van der Waals surface area contributed by atoms with Gasteiger partial charge in [0.15, 0.2) is 0 Å². The molecule has 0 saturated heterocycles. The number of hydrogen-bond donors (Lipinski definition) is 3. The molecule has 0 saturated carbocycles. The standard InChI is InChI=1S/C34H30Cl2N4O5/c35-23-3-8-27(9-4-23)45-34(43)40-17-13-28-29-19-24(36)5-10-30(29)39-31(28)32(40)21-1-6-26(7-2-21)44-18-14-25(41)20-38-33(42)22-11-15-37-16-12-22/h1-12,15-16,19,25,32,39,41H,13-14,17-18,20H2,(H,38,42)/t25?,32-/m0/s1. The number of pyridine rings is 1. The van der Waals surface area contributed by atoms with E-state index < -0.39 is 18.2 Å². The number of carbonyl (C=O) groups is 2. The number of aromatic amines is 1. The van der Waals surface area contributed by atoms with Gasteiger partial charge in [0.05, 0.1) is 12.7 Å². The minimum Gasteiger partial charge on any atom is -0.493 e. The second kappa shape index (κ2) is 13.6.